The highest BCUT2D eigenvalue weighted by Crippen LogP contribution is 2.35. The fourth-order valence-corrected chi connectivity index (χ4v) is 3.85. The van der Waals surface area contributed by atoms with Gasteiger partial charge in [0.2, 0.25) is 0 Å². The molecule has 1 aliphatic heterocycles. The first-order valence-corrected chi connectivity index (χ1v) is 8.22. The predicted octanol–water partition coefficient (Wildman–Crippen LogP) is 4.34. The molecule has 0 amide bonds. The summed E-state index contributed by atoms with van der Waals surface area (Å²) in [6.07, 6.45) is 0. The molecule has 0 saturated carbocycles. The Hall–Kier alpha value is -0.470. The Morgan fingerprint density at radius 1 is 1.39 bits per heavy atom. The van der Waals surface area contributed by atoms with Gasteiger partial charge in [0.05, 0.1) is 0 Å². The number of benzene rings is 1. The highest BCUT2D eigenvalue weighted by atomic mass is 32.2. The fraction of sp³-hybridized carbons (Fsp3) is 0.625. The maximum absolute atomic E-state index is 3.68. The summed E-state index contributed by atoms with van der Waals surface area (Å²) in [7, 11) is 0. The van der Waals surface area contributed by atoms with E-state index in [2.05, 4.69) is 63.0 Å². The van der Waals surface area contributed by atoms with Crippen LogP contribution in [0.1, 0.15) is 56.3 Å². The molecule has 0 fully saturated rings. The zero-order valence-electron chi connectivity index (χ0n) is 12.0. The van der Waals surface area contributed by atoms with Crippen molar-refractivity contribution in [3.8, 4) is 0 Å². The van der Waals surface area contributed by atoms with Gasteiger partial charge in [0.25, 0.3) is 0 Å². The quantitative estimate of drug-likeness (QED) is 0.870. The van der Waals surface area contributed by atoms with Crippen LogP contribution in [0.3, 0.4) is 0 Å². The molecule has 100 valence electrons. The third-order valence-corrected chi connectivity index (χ3v) is 5.08. The van der Waals surface area contributed by atoms with Crippen LogP contribution in [0.2, 0.25) is 0 Å². The summed E-state index contributed by atoms with van der Waals surface area (Å²) in [5.74, 6) is 3.74. The number of nitrogens with one attached hydrogen (secondary N) is 1. The van der Waals surface area contributed by atoms with Crippen LogP contribution >= 0.6 is 11.8 Å². The third kappa shape index (κ3) is 2.92. The number of fused-ring (bicyclic) bond motifs is 1. The topological polar surface area (TPSA) is 12.0 Å². The lowest BCUT2D eigenvalue weighted by Crippen LogP contribution is -2.28. The average Bonchev–Trinajstić information content (AvgIpc) is 2.50. The summed E-state index contributed by atoms with van der Waals surface area (Å²) in [6, 6.07) is 7.62. The second-order valence-electron chi connectivity index (χ2n) is 5.64. The minimum Gasteiger partial charge on any atom is -0.310 e. The predicted molar refractivity (Wildman–Crippen MR) is 82.3 cm³/mol. The largest absolute Gasteiger partial charge is 0.310 e. The van der Waals surface area contributed by atoms with Gasteiger partial charge in [-0.25, -0.2) is 0 Å². The molecule has 18 heavy (non-hydrogen) atoms. The van der Waals surface area contributed by atoms with Crippen LogP contribution in [0.5, 0.6) is 0 Å². The van der Waals surface area contributed by atoms with Crippen LogP contribution in [-0.4, -0.2) is 12.3 Å². The van der Waals surface area contributed by atoms with Crippen molar-refractivity contribution in [2.45, 2.75) is 45.4 Å². The van der Waals surface area contributed by atoms with E-state index in [1.54, 1.807) is 5.56 Å². The Labute approximate surface area is 116 Å². The van der Waals surface area contributed by atoms with E-state index in [9.17, 15) is 0 Å². The summed E-state index contributed by atoms with van der Waals surface area (Å²) >= 11 is 2.07. The minimum atomic E-state index is 0.527. The van der Waals surface area contributed by atoms with E-state index in [1.807, 2.05) is 0 Å². The van der Waals surface area contributed by atoms with Gasteiger partial charge >= 0.3 is 0 Å². The average molecular weight is 263 g/mol. The number of rotatable bonds is 3. The van der Waals surface area contributed by atoms with Gasteiger partial charge in [0.1, 0.15) is 0 Å². The van der Waals surface area contributed by atoms with Gasteiger partial charge in [-0.05, 0) is 40.8 Å². The Kier molecular flexibility index (Phi) is 4.74. The second kappa shape index (κ2) is 6.12. The number of thioether (sulfide) groups is 1. The lowest BCUT2D eigenvalue weighted by Gasteiger charge is -2.25. The van der Waals surface area contributed by atoms with E-state index in [0.717, 1.165) is 6.54 Å². The normalized spacial score (nSPS) is 23.8. The van der Waals surface area contributed by atoms with E-state index in [4.69, 9.17) is 0 Å². The molecule has 2 heteroatoms. The van der Waals surface area contributed by atoms with E-state index in [0.29, 0.717) is 17.9 Å². The second-order valence-corrected chi connectivity index (χ2v) is 6.67. The zero-order valence-corrected chi connectivity index (χ0v) is 12.8. The lowest BCUT2D eigenvalue weighted by molar-refractivity contribution is 0.428. The van der Waals surface area contributed by atoms with Crippen LogP contribution in [0.4, 0.5) is 0 Å². The molecule has 1 aliphatic rings. The molecule has 2 atom stereocenters. The maximum atomic E-state index is 3.68. The molecule has 0 aliphatic carbocycles. The van der Waals surface area contributed by atoms with Gasteiger partial charge in [-0.2, -0.15) is 11.8 Å². The van der Waals surface area contributed by atoms with Crippen molar-refractivity contribution >= 4 is 11.8 Å². The van der Waals surface area contributed by atoms with Gasteiger partial charge < -0.3 is 5.32 Å². The molecule has 0 bridgehead atoms. The summed E-state index contributed by atoms with van der Waals surface area (Å²) in [5, 5.41) is 3.68. The van der Waals surface area contributed by atoms with Crippen LogP contribution in [0.15, 0.2) is 18.2 Å². The van der Waals surface area contributed by atoms with Gasteiger partial charge in [-0.1, -0.05) is 45.9 Å². The molecule has 0 aromatic heterocycles. The fourth-order valence-electron chi connectivity index (χ4n) is 2.68. The maximum Gasteiger partial charge on any atom is 0.0356 e. The van der Waals surface area contributed by atoms with Crippen molar-refractivity contribution in [2.75, 3.05) is 12.3 Å². The zero-order chi connectivity index (χ0) is 13.1. The Morgan fingerprint density at radius 2 is 2.17 bits per heavy atom. The van der Waals surface area contributed by atoms with E-state index in [-0.39, 0.29) is 0 Å². The van der Waals surface area contributed by atoms with Gasteiger partial charge in [-0.3, -0.25) is 0 Å². The molecule has 1 nitrogen and oxygen atoms in total. The molecule has 1 aromatic rings. The van der Waals surface area contributed by atoms with Gasteiger partial charge in [-0.15, -0.1) is 0 Å². The Balaban J connectivity index is 2.41. The van der Waals surface area contributed by atoms with Gasteiger partial charge in [0, 0.05) is 11.8 Å². The van der Waals surface area contributed by atoms with Gasteiger partial charge in [0.15, 0.2) is 0 Å². The summed E-state index contributed by atoms with van der Waals surface area (Å²) in [5.41, 5.74) is 4.54. The first kappa shape index (κ1) is 14.0. The molecule has 1 N–H and O–H groups in total. The smallest absolute Gasteiger partial charge is 0.0356 e. The summed E-state index contributed by atoms with van der Waals surface area (Å²) in [6.45, 7) is 10.2. The lowest BCUT2D eigenvalue weighted by atomic mass is 9.89. The monoisotopic (exact) mass is 263 g/mol. The van der Waals surface area contributed by atoms with Crippen LogP contribution in [-0.2, 0) is 5.75 Å². The van der Waals surface area contributed by atoms with Crippen molar-refractivity contribution in [2.24, 2.45) is 5.92 Å². The highest BCUT2D eigenvalue weighted by Gasteiger charge is 2.24. The molecular weight excluding hydrogens is 238 g/mol. The van der Waals surface area contributed by atoms with Crippen LogP contribution < -0.4 is 5.32 Å². The van der Waals surface area contributed by atoms with E-state index in [1.165, 1.54) is 22.6 Å². The standard InChI is InChI=1S/C16H25NS/c1-5-17-16-12(4)9-18-10-14-7-6-13(11(2)3)8-15(14)16/h6-8,11-12,16-17H,5,9-10H2,1-4H3. The molecule has 2 unspecified atom stereocenters. The van der Waals surface area contributed by atoms with Crippen molar-refractivity contribution in [1.29, 1.82) is 0 Å². The summed E-state index contributed by atoms with van der Waals surface area (Å²) in [4.78, 5) is 0. The van der Waals surface area contributed by atoms with Crippen molar-refractivity contribution < 1.29 is 0 Å². The SMILES string of the molecule is CCNC1c2cc(C(C)C)ccc2CSCC1C. The van der Waals surface area contributed by atoms with E-state index >= 15 is 0 Å². The minimum absolute atomic E-state index is 0.527. The third-order valence-electron chi connectivity index (χ3n) is 3.80. The van der Waals surface area contributed by atoms with Crippen LogP contribution in [0.25, 0.3) is 0 Å². The van der Waals surface area contributed by atoms with Crippen molar-refractivity contribution in [3.63, 3.8) is 0 Å². The van der Waals surface area contributed by atoms with E-state index < -0.39 is 0 Å². The number of hydrogen-bond donors (Lipinski definition) is 1. The van der Waals surface area contributed by atoms with Crippen molar-refractivity contribution in [3.05, 3.63) is 34.9 Å². The molecular formula is C16H25NS. The molecule has 1 aromatic carbocycles. The first-order chi connectivity index (χ1) is 8.63. The van der Waals surface area contributed by atoms with Crippen molar-refractivity contribution in [1.82, 2.24) is 5.32 Å². The molecule has 0 radical (unpaired) electrons. The highest BCUT2D eigenvalue weighted by molar-refractivity contribution is 7.98. The number of hydrogen-bond acceptors (Lipinski definition) is 2. The molecule has 0 saturated heterocycles. The molecule has 1 heterocycles. The summed E-state index contributed by atoms with van der Waals surface area (Å²) < 4.78 is 0. The molecule has 2 rings (SSSR count). The molecule has 0 spiro atoms. The van der Waals surface area contributed by atoms with Crippen LogP contribution in [0, 0.1) is 5.92 Å². The Morgan fingerprint density at radius 3 is 2.83 bits per heavy atom. The Bertz CT molecular complexity index is 400. The first-order valence-electron chi connectivity index (χ1n) is 7.07.